The SMILES string of the molecule is O=C1CCC(N2Cc3ccc(CN4CCN(c5ccc(C(F)(F)F)cc5)CC4)cc3C2S)C(=O)N1. The molecule has 3 aliphatic heterocycles. The summed E-state index contributed by atoms with van der Waals surface area (Å²) in [6, 6.07) is 11.4. The molecule has 186 valence electrons. The minimum absolute atomic E-state index is 0.203. The first-order valence-electron chi connectivity index (χ1n) is 11.7. The number of piperazine rings is 1. The van der Waals surface area contributed by atoms with E-state index in [1.807, 2.05) is 4.90 Å². The highest BCUT2D eigenvalue weighted by molar-refractivity contribution is 7.80. The van der Waals surface area contributed by atoms with Gasteiger partial charge in [-0.1, -0.05) is 18.2 Å². The molecule has 3 heterocycles. The second-order valence-corrected chi connectivity index (χ2v) is 9.84. The topological polar surface area (TPSA) is 55.9 Å². The van der Waals surface area contributed by atoms with E-state index in [1.165, 1.54) is 0 Å². The van der Waals surface area contributed by atoms with Crippen LogP contribution in [0.3, 0.4) is 0 Å². The number of carbonyl (C=O) groups excluding carboxylic acids is 2. The highest BCUT2D eigenvalue weighted by atomic mass is 32.1. The summed E-state index contributed by atoms with van der Waals surface area (Å²) in [6.45, 7) is 4.51. The zero-order valence-electron chi connectivity index (χ0n) is 19.1. The summed E-state index contributed by atoms with van der Waals surface area (Å²) in [5, 5.41) is 2.23. The Labute approximate surface area is 207 Å². The minimum Gasteiger partial charge on any atom is -0.369 e. The Morgan fingerprint density at radius 3 is 2.37 bits per heavy atom. The van der Waals surface area contributed by atoms with Crippen LogP contribution < -0.4 is 10.2 Å². The van der Waals surface area contributed by atoms with Gasteiger partial charge in [0, 0.05) is 51.4 Å². The molecule has 0 aromatic heterocycles. The molecular formula is C25H27F3N4O2S. The third-order valence-electron chi connectivity index (χ3n) is 7.10. The number of nitrogens with one attached hydrogen (secondary N) is 1. The van der Waals surface area contributed by atoms with Crippen molar-refractivity contribution in [2.45, 2.75) is 43.5 Å². The second kappa shape index (κ2) is 9.48. The lowest BCUT2D eigenvalue weighted by atomic mass is 10.0. The molecule has 3 aliphatic rings. The molecule has 0 radical (unpaired) electrons. The molecule has 10 heteroatoms. The fraction of sp³-hybridized carbons (Fsp3) is 0.440. The maximum atomic E-state index is 12.8. The van der Waals surface area contributed by atoms with Gasteiger partial charge in [-0.05, 0) is 47.4 Å². The smallest absolute Gasteiger partial charge is 0.369 e. The van der Waals surface area contributed by atoms with Gasteiger partial charge in [0.15, 0.2) is 0 Å². The summed E-state index contributed by atoms with van der Waals surface area (Å²) < 4.78 is 38.5. The van der Waals surface area contributed by atoms with Crippen LogP contribution in [0.2, 0.25) is 0 Å². The molecule has 2 aromatic carbocycles. The van der Waals surface area contributed by atoms with Gasteiger partial charge < -0.3 is 4.90 Å². The van der Waals surface area contributed by atoms with Gasteiger partial charge in [0.05, 0.1) is 17.0 Å². The molecule has 0 spiro atoms. The maximum absolute atomic E-state index is 12.8. The highest BCUT2D eigenvalue weighted by Crippen LogP contribution is 2.39. The van der Waals surface area contributed by atoms with Gasteiger partial charge >= 0.3 is 6.18 Å². The largest absolute Gasteiger partial charge is 0.416 e. The lowest BCUT2D eigenvalue weighted by Gasteiger charge is -2.36. The summed E-state index contributed by atoms with van der Waals surface area (Å²) in [5.41, 5.74) is 3.58. The Hall–Kier alpha value is -2.56. The van der Waals surface area contributed by atoms with E-state index < -0.39 is 11.7 Å². The summed E-state index contributed by atoms with van der Waals surface area (Å²) in [4.78, 5) is 30.3. The van der Waals surface area contributed by atoms with Crippen molar-refractivity contribution in [2.24, 2.45) is 0 Å². The molecule has 5 rings (SSSR count). The first-order chi connectivity index (χ1) is 16.7. The number of halogens is 3. The van der Waals surface area contributed by atoms with Crippen molar-refractivity contribution in [3.05, 3.63) is 64.7 Å². The standard InChI is InChI=1S/C25H27F3N4O2S/c26-25(27,28)18-3-5-19(6-4-18)31-11-9-30(10-12-31)14-16-1-2-17-15-32(24(35)20(17)13-16)21-7-8-22(33)29-23(21)34/h1-6,13,21,24,35H,7-12,14-15H2,(H,29,33,34). The van der Waals surface area contributed by atoms with E-state index in [0.29, 0.717) is 19.4 Å². The van der Waals surface area contributed by atoms with Gasteiger partial charge in [0.1, 0.15) is 0 Å². The van der Waals surface area contributed by atoms with Crippen molar-refractivity contribution < 1.29 is 22.8 Å². The predicted molar refractivity (Wildman–Crippen MR) is 129 cm³/mol. The maximum Gasteiger partial charge on any atom is 0.416 e. The van der Waals surface area contributed by atoms with Crippen LogP contribution in [0.15, 0.2) is 42.5 Å². The van der Waals surface area contributed by atoms with Crippen molar-refractivity contribution >= 4 is 30.1 Å². The Bertz CT molecular complexity index is 1120. The number of hydrogen-bond acceptors (Lipinski definition) is 6. The number of thiol groups is 1. The van der Waals surface area contributed by atoms with Crippen LogP contribution in [0, 0.1) is 0 Å². The van der Waals surface area contributed by atoms with Crippen LogP contribution in [0.5, 0.6) is 0 Å². The number of benzene rings is 2. The Morgan fingerprint density at radius 2 is 1.71 bits per heavy atom. The Balaban J connectivity index is 1.18. The van der Waals surface area contributed by atoms with Gasteiger partial charge in [-0.3, -0.25) is 24.7 Å². The van der Waals surface area contributed by atoms with Crippen LogP contribution in [-0.2, 0) is 28.9 Å². The summed E-state index contributed by atoms with van der Waals surface area (Å²) >= 11 is 4.80. The zero-order valence-corrected chi connectivity index (χ0v) is 20.0. The lowest BCUT2D eigenvalue weighted by molar-refractivity contribution is -0.138. The van der Waals surface area contributed by atoms with Crippen LogP contribution >= 0.6 is 12.6 Å². The first-order valence-corrected chi connectivity index (χ1v) is 12.2. The van der Waals surface area contributed by atoms with E-state index in [0.717, 1.165) is 67.2 Å². The normalized spacial score (nSPS) is 23.9. The minimum atomic E-state index is -4.32. The molecule has 2 atom stereocenters. The van der Waals surface area contributed by atoms with Crippen LogP contribution in [-0.4, -0.2) is 53.8 Å². The molecule has 2 amide bonds. The molecule has 0 aliphatic carbocycles. The number of alkyl halides is 3. The average Bonchev–Trinajstić information content (AvgIpc) is 3.15. The van der Waals surface area contributed by atoms with Gasteiger partial charge in [0.2, 0.25) is 11.8 Å². The molecule has 2 aromatic rings. The third-order valence-corrected chi connectivity index (χ3v) is 7.68. The number of amides is 2. The molecule has 2 unspecified atom stereocenters. The Kier molecular flexibility index (Phi) is 6.54. The Morgan fingerprint density at radius 1 is 1.00 bits per heavy atom. The zero-order chi connectivity index (χ0) is 24.7. The molecule has 0 saturated carbocycles. The summed E-state index contributed by atoms with van der Waals surface area (Å²) in [6.07, 6.45) is -3.47. The number of anilines is 1. The average molecular weight is 505 g/mol. The molecular weight excluding hydrogens is 477 g/mol. The van der Waals surface area contributed by atoms with E-state index >= 15 is 0 Å². The number of imide groups is 1. The van der Waals surface area contributed by atoms with Gasteiger partial charge in [-0.25, -0.2) is 0 Å². The second-order valence-electron chi connectivity index (χ2n) is 9.35. The number of fused-ring (bicyclic) bond motifs is 1. The number of rotatable bonds is 4. The van der Waals surface area contributed by atoms with Crippen LogP contribution in [0.25, 0.3) is 0 Å². The van der Waals surface area contributed by atoms with Gasteiger partial charge in [-0.15, -0.1) is 0 Å². The summed E-state index contributed by atoms with van der Waals surface area (Å²) in [7, 11) is 0. The van der Waals surface area contributed by atoms with E-state index in [9.17, 15) is 22.8 Å². The van der Waals surface area contributed by atoms with E-state index in [2.05, 4.69) is 33.3 Å². The number of carbonyl (C=O) groups is 2. The summed E-state index contributed by atoms with van der Waals surface area (Å²) in [5.74, 6) is -0.473. The number of nitrogens with zero attached hydrogens (tertiary/aromatic N) is 3. The molecule has 2 saturated heterocycles. The molecule has 35 heavy (non-hydrogen) atoms. The van der Waals surface area contributed by atoms with Gasteiger partial charge in [0.25, 0.3) is 0 Å². The monoisotopic (exact) mass is 504 g/mol. The quantitative estimate of drug-likeness (QED) is 0.493. The third kappa shape index (κ3) is 5.05. The van der Waals surface area contributed by atoms with E-state index in [4.69, 9.17) is 12.6 Å². The molecule has 6 nitrogen and oxygen atoms in total. The lowest BCUT2D eigenvalue weighted by Crippen LogP contribution is -2.51. The van der Waals surface area contributed by atoms with Crippen molar-refractivity contribution in [2.75, 3.05) is 31.1 Å². The highest BCUT2D eigenvalue weighted by Gasteiger charge is 2.39. The number of piperidine rings is 1. The van der Waals surface area contributed by atoms with Crippen molar-refractivity contribution in [3.8, 4) is 0 Å². The number of hydrogen-bond donors (Lipinski definition) is 2. The van der Waals surface area contributed by atoms with Crippen LogP contribution in [0.1, 0.15) is 40.5 Å². The predicted octanol–water partition coefficient (Wildman–Crippen LogP) is 3.58. The fourth-order valence-electron chi connectivity index (χ4n) is 5.15. The molecule has 1 N–H and O–H groups in total. The van der Waals surface area contributed by atoms with Crippen molar-refractivity contribution in [1.82, 2.24) is 15.1 Å². The van der Waals surface area contributed by atoms with Gasteiger partial charge in [-0.2, -0.15) is 25.8 Å². The first kappa shape index (κ1) is 24.1. The van der Waals surface area contributed by atoms with Crippen molar-refractivity contribution in [1.29, 1.82) is 0 Å². The van der Waals surface area contributed by atoms with E-state index in [1.54, 1.807) is 12.1 Å². The molecule has 0 bridgehead atoms. The molecule has 2 fully saturated rings. The fourth-order valence-corrected chi connectivity index (χ4v) is 5.63. The van der Waals surface area contributed by atoms with Crippen LogP contribution in [0.4, 0.5) is 18.9 Å². The van der Waals surface area contributed by atoms with Crippen molar-refractivity contribution in [3.63, 3.8) is 0 Å². The van der Waals surface area contributed by atoms with E-state index in [-0.39, 0.29) is 23.2 Å².